The van der Waals surface area contributed by atoms with Crippen LogP contribution in [0.1, 0.15) is 21.6 Å². The number of amides is 2. The van der Waals surface area contributed by atoms with Gasteiger partial charge in [0.15, 0.2) is 0 Å². The van der Waals surface area contributed by atoms with Crippen molar-refractivity contribution < 1.29 is 9.59 Å². The first-order valence-electron chi connectivity index (χ1n) is 8.35. The van der Waals surface area contributed by atoms with Crippen LogP contribution in [-0.2, 0) is 11.2 Å². The number of pyridine rings is 1. The van der Waals surface area contributed by atoms with E-state index >= 15 is 0 Å². The number of carbonyl (C=O) groups excluding carboxylic acids is 2. The molecule has 0 spiro atoms. The van der Waals surface area contributed by atoms with Crippen LogP contribution in [0, 0.1) is 6.92 Å². The zero-order chi connectivity index (χ0) is 17.8. The molecule has 25 heavy (non-hydrogen) atoms. The lowest BCUT2D eigenvalue weighted by Gasteiger charge is -2.35. The van der Waals surface area contributed by atoms with Gasteiger partial charge >= 0.3 is 0 Å². The van der Waals surface area contributed by atoms with Crippen LogP contribution >= 0.6 is 0 Å². The van der Waals surface area contributed by atoms with Crippen LogP contribution in [0.3, 0.4) is 0 Å². The molecule has 2 amide bonds. The van der Waals surface area contributed by atoms with Crippen LogP contribution < -0.4 is 5.56 Å². The van der Waals surface area contributed by atoms with Crippen molar-refractivity contribution in [3.63, 3.8) is 0 Å². The van der Waals surface area contributed by atoms with E-state index in [-0.39, 0.29) is 17.4 Å². The van der Waals surface area contributed by atoms with Crippen molar-refractivity contribution >= 4 is 11.8 Å². The second-order valence-corrected chi connectivity index (χ2v) is 6.25. The Balaban J connectivity index is 1.58. The van der Waals surface area contributed by atoms with E-state index in [2.05, 4.69) is 4.98 Å². The van der Waals surface area contributed by atoms with Gasteiger partial charge in [0.1, 0.15) is 0 Å². The second-order valence-electron chi connectivity index (χ2n) is 6.25. The van der Waals surface area contributed by atoms with Crippen LogP contribution in [-0.4, -0.2) is 52.8 Å². The van der Waals surface area contributed by atoms with Crippen molar-refractivity contribution in [3.05, 3.63) is 69.6 Å². The molecule has 1 saturated heterocycles. The summed E-state index contributed by atoms with van der Waals surface area (Å²) in [5.74, 6) is -0.0883. The standard InChI is InChI=1S/C19H21N3O3/c1-14-11-16(13-17(23)20-14)19(25)22-9-7-21(8-10-22)18(24)12-15-5-3-2-4-6-15/h2-6,11,13H,7-10,12H2,1H3,(H,20,23). The fourth-order valence-corrected chi connectivity index (χ4v) is 3.03. The summed E-state index contributed by atoms with van der Waals surface area (Å²) in [5.41, 5.74) is 1.77. The Labute approximate surface area is 146 Å². The summed E-state index contributed by atoms with van der Waals surface area (Å²) in [5, 5.41) is 0. The van der Waals surface area contributed by atoms with Gasteiger partial charge in [0.05, 0.1) is 6.42 Å². The number of carbonyl (C=O) groups is 2. The molecule has 0 aliphatic carbocycles. The molecule has 1 fully saturated rings. The molecule has 1 aliphatic heterocycles. The van der Waals surface area contributed by atoms with Crippen molar-refractivity contribution in [2.24, 2.45) is 0 Å². The number of piperazine rings is 1. The number of benzene rings is 1. The molecule has 1 aromatic heterocycles. The first-order valence-corrected chi connectivity index (χ1v) is 8.35. The lowest BCUT2D eigenvalue weighted by Crippen LogP contribution is -2.51. The Morgan fingerprint density at radius 1 is 1.00 bits per heavy atom. The monoisotopic (exact) mass is 339 g/mol. The van der Waals surface area contributed by atoms with E-state index in [9.17, 15) is 14.4 Å². The summed E-state index contributed by atoms with van der Waals surface area (Å²) in [6.07, 6.45) is 0.377. The van der Waals surface area contributed by atoms with Gasteiger partial charge < -0.3 is 14.8 Å². The van der Waals surface area contributed by atoms with E-state index in [0.717, 1.165) is 5.56 Å². The molecule has 3 rings (SSSR count). The highest BCUT2D eigenvalue weighted by Gasteiger charge is 2.25. The van der Waals surface area contributed by atoms with Gasteiger partial charge in [0.25, 0.3) is 5.91 Å². The van der Waals surface area contributed by atoms with E-state index in [0.29, 0.717) is 43.9 Å². The molecule has 1 N–H and O–H groups in total. The van der Waals surface area contributed by atoms with Gasteiger partial charge in [-0.05, 0) is 18.6 Å². The smallest absolute Gasteiger partial charge is 0.254 e. The van der Waals surface area contributed by atoms with Gasteiger partial charge in [-0.1, -0.05) is 30.3 Å². The quantitative estimate of drug-likeness (QED) is 0.913. The van der Waals surface area contributed by atoms with E-state index in [1.807, 2.05) is 30.3 Å². The number of hydrogen-bond donors (Lipinski definition) is 1. The minimum absolute atomic E-state index is 0.0744. The summed E-state index contributed by atoms with van der Waals surface area (Å²) < 4.78 is 0. The lowest BCUT2D eigenvalue weighted by atomic mass is 10.1. The summed E-state index contributed by atoms with van der Waals surface area (Å²) in [4.78, 5) is 42.6. The fourth-order valence-electron chi connectivity index (χ4n) is 3.03. The second kappa shape index (κ2) is 7.34. The number of aromatic nitrogens is 1. The predicted molar refractivity (Wildman–Crippen MR) is 94.4 cm³/mol. The van der Waals surface area contributed by atoms with E-state index in [4.69, 9.17) is 0 Å². The predicted octanol–water partition coefficient (Wildman–Crippen LogP) is 1.21. The molecular weight excluding hydrogens is 318 g/mol. The van der Waals surface area contributed by atoms with Crippen LogP contribution in [0.2, 0.25) is 0 Å². The average Bonchev–Trinajstić information content (AvgIpc) is 2.61. The van der Waals surface area contributed by atoms with Gasteiger partial charge in [0, 0.05) is 43.5 Å². The number of rotatable bonds is 3. The molecule has 6 nitrogen and oxygen atoms in total. The van der Waals surface area contributed by atoms with Crippen molar-refractivity contribution in [3.8, 4) is 0 Å². The summed E-state index contributed by atoms with van der Waals surface area (Å²) in [6, 6.07) is 12.6. The summed E-state index contributed by atoms with van der Waals surface area (Å²) in [6.45, 7) is 3.73. The Morgan fingerprint density at radius 2 is 1.64 bits per heavy atom. The van der Waals surface area contributed by atoms with Gasteiger partial charge in [-0.3, -0.25) is 14.4 Å². The van der Waals surface area contributed by atoms with E-state index < -0.39 is 0 Å². The average molecular weight is 339 g/mol. The molecule has 130 valence electrons. The van der Waals surface area contributed by atoms with Crippen molar-refractivity contribution in [2.75, 3.05) is 26.2 Å². The Bertz CT molecular complexity index is 821. The normalized spacial score (nSPS) is 14.4. The maximum absolute atomic E-state index is 12.5. The van der Waals surface area contributed by atoms with Gasteiger partial charge in [-0.2, -0.15) is 0 Å². The van der Waals surface area contributed by atoms with E-state index in [1.165, 1.54) is 6.07 Å². The van der Waals surface area contributed by atoms with Crippen molar-refractivity contribution in [1.82, 2.24) is 14.8 Å². The molecule has 0 bridgehead atoms. The molecular formula is C19H21N3O3. The van der Waals surface area contributed by atoms with Crippen molar-refractivity contribution in [1.29, 1.82) is 0 Å². The zero-order valence-corrected chi connectivity index (χ0v) is 14.2. The molecule has 2 aromatic rings. The topological polar surface area (TPSA) is 73.5 Å². The SMILES string of the molecule is Cc1cc(C(=O)N2CCN(C(=O)Cc3ccccc3)CC2)cc(=O)[nH]1. The Morgan fingerprint density at radius 3 is 2.28 bits per heavy atom. The Hall–Kier alpha value is -2.89. The van der Waals surface area contributed by atoms with Crippen LogP contribution in [0.25, 0.3) is 0 Å². The Kier molecular flexibility index (Phi) is 4.97. The molecule has 1 aromatic carbocycles. The molecule has 1 aliphatic rings. The first kappa shape index (κ1) is 17.0. The minimum Gasteiger partial charge on any atom is -0.339 e. The third-order valence-corrected chi connectivity index (χ3v) is 4.34. The third kappa shape index (κ3) is 4.15. The summed E-state index contributed by atoms with van der Waals surface area (Å²) >= 11 is 0. The number of aromatic amines is 1. The number of nitrogens with zero attached hydrogens (tertiary/aromatic N) is 2. The number of hydrogen-bond acceptors (Lipinski definition) is 3. The van der Waals surface area contributed by atoms with Crippen LogP contribution in [0.4, 0.5) is 0 Å². The maximum Gasteiger partial charge on any atom is 0.254 e. The van der Waals surface area contributed by atoms with Crippen LogP contribution in [0.15, 0.2) is 47.3 Å². The highest BCUT2D eigenvalue weighted by molar-refractivity contribution is 5.94. The molecule has 2 heterocycles. The highest BCUT2D eigenvalue weighted by atomic mass is 16.2. The highest BCUT2D eigenvalue weighted by Crippen LogP contribution is 2.10. The largest absolute Gasteiger partial charge is 0.339 e. The lowest BCUT2D eigenvalue weighted by molar-refractivity contribution is -0.131. The number of nitrogens with one attached hydrogen (secondary N) is 1. The third-order valence-electron chi connectivity index (χ3n) is 4.34. The fraction of sp³-hybridized carbons (Fsp3) is 0.316. The summed E-state index contributed by atoms with van der Waals surface area (Å²) in [7, 11) is 0. The van der Waals surface area contributed by atoms with E-state index in [1.54, 1.807) is 22.8 Å². The molecule has 0 unspecified atom stereocenters. The van der Waals surface area contributed by atoms with Gasteiger partial charge in [-0.25, -0.2) is 0 Å². The van der Waals surface area contributed by atoms with Crippen molar-refractivity contribution in [2.45, 2.75) is 13.3 Å². The van der Waals surface area contributed by atoms with Gasteiger partial charge in [0.2, 0.25) is 11.5 Å². The first-order chi connectivity index (χ1) is 12.0. The maximum atomic E-state index is 12.5. The molecule has 6 heteroatoms. The zero-order valence-electron chi connectivity index (χ0n) is 14.2. The molecule has 0 saturated carbocycles. The van der Waals surface area contributed by atoms with Crippen LogP contribution in [0.5, 0.6) is 0 Å². The number of H-pyrrole nitrogens is 1. The minimum atomic E-state index is -0.278. The number of aryl methyl sites for hydroxylation is 1. The molecule has 0 atom stereocenters. The van der Waals surface area contributed by atoms with Gasteiger partial charge in [-0.15, -0.1) is 0 Å². The molecule has 0 radical (unpaired) electrons.